The van der Waals surface area contributed by atoms with Gasteiger partial charge in [-0.25, -0.2) is 0 Å². The maximum Gasteiger partial charge on any atom is 0.308 e. The minimum atomic E-state index is -0.870. The number of carbonyl (C=O) groups excluding carboxylic acids is 1. The van der Waals surface area contributed by atoms with E-state index in [9.17, 15) is 9.59 Å². The number of nitrogens with zero attached hydrogens (tertiary/aromatic N) is 2. The summed E-state index contributed by atoms with van der Waals surface area (Å²) in [6.07, 6.45) is 0.156. The van der Waals surface area contributed by atoms with Crippen molar-refractivity contribution >= 4 is 24.3 Å². The van der Waals surface area contributed by atoms with Gasteiger partial charge in [-0.05, 0) is 14.1 Å². The van der Waals surface area contributed by atoms with Gasteiger partial charge in [0.1, 0.15) is 0 Å². The molecule has 1 heterocycles. The van der Waals surface area contributed by atoms with Crippen LogP contribution in [0.1, 0.15) is 6.42 Å². The maximum absolute atomic E-state index is 11.3. The molecule has 0 aromatic heterocycles. The van der Waals surface area contributed by atoms with Crippen LogP contribution in [0.25, 0.3) is 0 Å². The van der Waals surface area contributed by atoms with Crippen LogP contribution in [0, 0.1) is 5.92 Å². The van der Waals surface area contributed by atoms with Gasteiger partial charge in [0.25, 0.3) is 0 Å². The van der Waals surface area contributed by atoms with E-state index in [-0.39, 0.29) is 24.7 Å². The highest BCUT2D eigenvalue weighted by molar-refractivity contribution is 5.86. The van der Waals surface area contributed by atoms with Gasteiger partial charge < -0.3 is 14.9 Å². The molecule has 0 aromatic carbocycles. The largest absolute Gasteiger partial charge is 0.481 e. The zero-order valence-corrected chi connectivity index (χ0v) is 9.79. The Hall–Kier alpha value is -0.810. The SMILES string of the molecule is CN(C)CCN1CC(C(=O)O)CC1=O.Cl. The van der Waals surface area contributed by atoms with Gasteiger partial charge in [0.15, 0.2) is 0 Å². The Bertz CT molecular complexity index is 246. The van der Waals surface area contributed by atoms with Crippen LogP contribution in [-0.2, 0) is 9.59 Å². The van der Waals surface area contributed by atoms with E-state index < -0.39 is 11.9 Å². The lowest BCUT2D eigenvalue weighted by molar-refractivity contribution is -0.141. The average molecular weight is 237 g/mol. The first kappa shape index (κ1) is 14.2. The highest BCUT2D eigenvalue weighted by Gasteiger charge is 2.33. The first-order valence-electron chi connectivity index (χ1n) is 4.66. The molecular formula is C9H17ClN2O3. The van der Waals surface area contributed by atoms with Gasteiger partial charge in [-0.1, -0.05) is 0 Å². The van der Waals surface area contributed by atoms with E-state index in [4.69, 9.17) is 5.11 Å². The Morgan fingerprint density at radius 3 is 2.60 bits per heavy atom. The average Bonchev–Trinajstić information content (AvgIpc) is 2.43. The summed E-state index contributed by atoms with van der Waals surface area (Å²) < 4.78 is 0. The van der Waals surface area contributed by atoms with Crippen LogP contribution in [0.15, 0.2) is 0 Å². The van der Waals surface area contributed by atoms with E-state index in [2.05, 4.69) is 0 Å². The summed E-state index contributed by atoms with van der Waals surface area (Å²) in [7, 11) is 3.85. The van der Waals surface area contributed by atoms with Gasteiger partial charge in [0.05, 0.1) is 5.92 Å². The predicted molar refractivity (Wildman–Crippen MR) is 58.1 cm³/mol. The molecule has 5 nitrogen and oxygen atoms in total. The van der Waals surface area contributed by atoms with Crippen molar-refractivity contribution in [2.45, 2.75) is 6.42 Å². The topological polar surface area (TPSA) is 60.9 Å². The normalized spacial score (nSPS) is 20.6. The maximum atomic E-state index is 11.3. The van der Waals surface area contributed by atoms with E-state index in [1.807, 2.05) is 19.0 Å². The molecule has 0 aliphatic carbocycles. The minimum absolute atomic E-state index is 0. The molecule has 1 atom stereocenters. The van der Waals surface area contributed by atoms with Crippen LogP contribution in [0.3, 0.4) is 0 Å². The predicted octanol–water partition coefficient (Wildman–Crippen LogP) is -0.0971. The molecule has 1 saturated heterocycles. The van der Waals surface area contributed by atoms with Crippen molar-refractivity contribution in [2.75, 3.05) is 33.7 Å². The lowest BCUT2D eigenvalue weighted by Gasteiger charge is -2.18. The Morgan fingerprint density at radius 2 is 2.20 bits per heavy atom. The standard InChI is InChI=1S/C9H16N2O3.ClH/c1-10(2)3-4-11-6-7(9(13)14)5-8(11)12;/h7H,3-6H2,1-2H3,(H,13,14);1H. The molecule has 0 bridgehead atoms. The molecule has 1 aliphatic rings. The highest BCUT2D eigenvalue weighted by Crippen LogP contribution is 2.17. The molecule has 1 aliphatic heterocycles. The molecule has 1 fully saturated rings. The summed E-state index contributed by atoms with van der Waals surface area (Å²) >= 11 is 0. The number of carboxylic acid groups (broad SMARTS) is 1. The summed E-state index contributed by atoms with van der Waals surface area (Å²) in [4.78, 5) is 25.6. The van der Waals surface area contributed by atoms with E-state index in [1.165, 1.54) is 0 Å². The minimum Gasteiger partial charge on any atom is -0.481 e. The second-order valence-corrected chi connectivity index (χ2v) is 3.88. The number of rotatable bonds is 4. The number of carbonyl (C=O) groups is 2. The number of halogens is 1. The fraction of sp³-hybridized carbons (Fsp3) is 0.778. The van der Waals surface area contributed by atoms with Crippen molar-refractivity contribution in [3.05, 3.63) is 0 Å². The fourth-order valence-corrected chi connectivity index (χ4v) is 1.47. The van der Waals surface area contributed by atoms with Crippen LogP contribution in [0.4, 0.5) is 0 Å². The molecule has 1 rings (SSSR count). The van der Waals surface area contributed by atoms with Gasteiger partial charge in [-0.2, -0.15) is 0 Å². The highest BCUT2D eigenvalue weighted by atomic mass is 35.5. The van der Waals surface area contributed by atoms with Crippen molar-refractivity contribution in [2.24, 2.45) is 5.92 Å². The summed E-state index contributed by atoms with van der Waals surface area (Å²) in [6, 6.07) is 0. The van der Waals surface area contributed by atoms with Crippen LogP contribution in [0.2, 0.25) is 0 Å². The van der Waals surface area contributed by atoms with E-state index in [1.54, 1.807) is 4.90 Å². The van der Waals surface area contributed by atoms with Gasteiger partial charge in [-0.3, -0.25) is 9.59 Å². The lowest BCUT2D eigenvalue weighted by atomic mass is 10.1. The molecule has 0 saturated carbocycles. The Balaban J connectivity index is 0.00000196. The number of likely N-dealkylation sites (tertiary alicyclic amines) is 1. The molecule has 88 valence electrons. The van der Waals surface area contributed by atoms with E-state index in [0.29, 0.717) is 13.1 Å². The van der Waals surface area contributed by atoms with Crippen LogP contribution in [0.5, 0.6) is 0 Å². The summed E-state index contributed by atoms with van der Waals surface area (Å²) in [5.41, 5.74) is 0. The molecule has 1 unspecified atom stereocenters. The zero-order valence-electron chi connectivity index (χ0n) is 8.97. The first-order valence-corrected chi connectivity index (χ1v) is 4.66. The summed E-state index contributed by atoms with van der Waals surface area (Å²) in [6.45, 7) is 1.76. The van der Waals surface area contributed by atoms with Crippen molar-refractivity contribution in [1.29, 1.82) is 0 Å². The molecular weight excluding hydrogens is 220 g/mol. The summed E-state index contributed by atoms with van der Waals surface area (Å²) in [5.74, 6) is -1.42. The van der Waals surface area contributed by atoms with Crippen molar-refractivity contribution in [1.82, 2.24) is 9.80 Å². The first-order chi connectivity index (χ1) is 6.50. The smallest absolute Gasteiger partial charge is 0.308 e. The molecule has 1 amide bonds. The number of aliphatic carboxylic acids is 1. The molecule has 0 aromatic rings. The second-order valence-electron chi connectivity index (χ2n) is 3.88. The van der Waals surface area contributed by atoms with Crippen LogP contribution in [-0.4, -0.2) is 60.5 Å². The van der Waals surface area contributed by atoms with Gasteiger partial charge in [0.2, 0.25) is 5.91 Å². The Morgan fingerprint density at radius 1 is 1.60 bits per heavy atom. The molecule has 0 radical (unpaired) electrons. The second kappa shape index (κ2) is 5.92. The van der Waals surface area contributed by atoms with E-state index in [0.717, 1.165) is 6.54 Å². The molecule has 15 heavy (non-hydrogen) atoms. The van der Waals surface area contributed by atoms with Crippen LogP contribution >= 0.6 is 12.4 Å². The molecule has 0 spiro atoms. The van der Waals surface area contributed by atoms with Crippen molar-refractivity contribution < 1.29 is 14.7 Å². The van der Waals surface area contributed by atoms with E-state index >= 15 is 0 Å². The lowest BCUT2D eigenvalue weighted by Crippen LogP contribution is -2.33. The molecule has 6 heteroatoms. The molecule has 1 N–H and O–H groups in total. The number of hydrogen-bond donors (Lipinski definition) is 1. The van der Waals surface area contributed by atoms with Crippen molar-refractivity contribution in [3.8, 4) is 0 Å². The quantitative estimate of drug-likeness (QED) is 0.741. The van der Waals surface area contributed by atoms with Gasteiger partial charge in [0, 0.05) is 26.1 Å². The third-order valence-electron chi connectivity index (χ3n) is 2.38. The third-order valence-corrected chi connectivity index (χ3v) is 2.38. The monoisotopic (exact) mass is 236 g/mol. The Kier molecular flexibility index (Phi) is 5.60. The fourth-order valence-electron chi connectivity index (χ4n) is 1.47. The van der Waals surface area contributed by atoms with Crippen molar-refractivity contribution in [3.63, 3.8) is 0 Å². The van der Waals surface area contributed by atoms with Gasteiger partial charge in [-0.15, -0.1) is 12.4 Å². The number of hydrogen-bond acceptors (Lipinski definition) is 3. The number of amides is 1. The number of likely N-dealkylation sites (N-methyl/N-ethyl adjacent to an activating group) is 1. The third kappa shape index (κ3) is 4.05. The van der Waals surface area contributed by atoms with Gasteiger partial charge >= 0.3 is 5.97 Å². The zero-order chi connectivity index (χ0) is 10.7. The summed E-state index contributed by atoms with van der Waals surface area (Å²) in [5, 5.41) is 8.74. The number of carboxylic acids is 1. The Labute approximate surface area is 95.4 Å². The van der Waals surface area contributed by atoms with Crippen LogP contribution < -0.4 is 0 Å².